The molecule has 0 bridgehead atoms. The summed E-state index contributed by atoms with van der Waals surface area (Å²) in [6, 6.07) is 8.14. The van der Waals surface area contributed by atoms with E-state index in [1.54, 1.807) is 13.8 Å². The SMILES string of the molecule is COc1cc(NS(=O)(=O)c2ccc(NC(=O)c3ccn(Cn4nc(C)c([N+](=O)[O-])c4C)n3)cc2)nc(OC)n1. The summed E-state index contributed by atoms with van der Waals surface area (Å²) in [5.41, 5.74) is 0.975. The molecular formula is C22H23N9O7S. The summed E-state index contributed by atoms with van der Waals surface area (Å²) in [6.45, 7) is 3.19. The van der Waals surface area contributed by atoms with Gasteiger partial charge < -0.3 is 14.8 Å². The zero-order valence-corrected chi connectivity index (χ0v) is 22.0. The molecule has 0 aliphatic rings. The second-order valence-electron chi connectivity index (χ2n) is 8.02. The van der Waals surface area contributed by atoms with Crippen LogP contribution in [0.2, 0.25) is 0 Å². The Morgan fingerprint density at radius 2 is 1.79 bits per heavy atom. The summed E-state index contributed by atoms with van der Waals surface area (Å²) in [6.07, 6.45) is 1.54. The van der Waals surface area contributed by atoms with Gasteiger partial charge in [-0.25, -0.2) is 13.1 Å². The van der Waals surface area contributed by atoms with Crippen LogP contribution in [0, 0.1) is 24.0 Å². The molecule has 0 spiro atoms. The largest absolute Gasteiger partial charge is 0.481 e. The molecule has 1 amide bonds. The van der Waals surface area contributed by atoms with Crippen LogP contribution in [0.3, 0.4) is 0 Å². The van der Waals surface area contributed by atoms with E-state index < -0.39 is 20.9 Å². The van der Waals surface area contributed by atoms with E-state index in [4.69, 9.17) is 9.47 Å². The number of hydrogen-bond donors (Lipinski definition) is 2. The first kappa shape index (κ1) is 27.0. The highest BCUT2D eigenvalue weighted by Crippen LogP contribution is 2.23. The van der Waals surface area contributed by atoms with E-state index in [9.17, 15) is 23.3 Å². The first-order chi connectivity index (χ1) is 18.5. The van der Waals surface area contributed by atoms with E-state index in [1.165, 1.54) is 66.2 Å². The molecule has 17 heteroatoms. The maximum atomic E-state index is 12.8. The number of aryl methyl sites for hydroxylation is 1. The highest BCUT2D eigenvalue weighted by Gasteiger charge is 2.22. The number of nitrogens with one attached hydrogen (secondary N) is 2. The lowest BCUT2D eigenvalue weighted by molar-refractivity contribution is -0.386. The van der Waals surface area contributed by atoms with E-state index in [0.717, 1.165) is 0 Å². The lowest BCUT2D eigenvalue weighted by Crippen LogP contribution is -2.16. The van der Waals surface area contributed by atoms with Gasteiger partial charge in [-0.3, -0.25) is 24.3 Å². The maximum absolute atomic E-state index is 12.8. The molecule has 0 aliphatic heterocycles. The molecule has 0 saturated heterocycles. The van der Waals surface area contributed by atoms with Crippen molar-refractivity contribution in [2.24, 2.45) is 0 Å². The topological polar surface area (TPSA) is 198 Å². The number of nitrogens with zero attached hydrogens (tertiary/aromatic N) is 7. The quantitative estimate of drug-likeness (QED) is 0.213. The van der Waals surface area contributed by atoms with Crippen LogP contribution in [-0.2, 0) is 16.7 Å². The van der Waals surface area contributed by atoms with Crippen molar-refractivity contribution >= 4 is 33.1 Å². The van der Waals surface area contributed by atoms with Crippen LogP contribution in [0.4, 0.5) is 17.2 Å². The molecule has 0 atom stereocenters. The van der Waals surface area contributed by atoms with Gasteiger partial charge in [-0.15, -0.1) is 0 Å². The first-order valence-electron chi connectivity index (χ1n) is 11.1. The Kier molecular flexibility index (Phi) is 7.43. The van der Waals surface area contributed by atoms with Gasteiger partial charge in [-0.1, -0.05) is 0 Å². The molecule has 3 heterocycles. The van der Waals surface area contributed by atoms with Crippen molar-refractivity contribution < 1.29 is 27.6 Å². The molecular weight excluding hydrogens is 534 g/mol. The van der Waals surface area contributed by atoms with Gasteiger partial charge in [-0.2, -0.15) is 20.2 Å². The van der Waals surface area contributed by atoms with Crippen LogP contribution < -0.4 is 19.5 Å². The normalized spacial score (nSPS) is 11.2. The van der Waals surface area contributed by atoms with Gasteiger partial charge in [-0.05, 0) is 44.2 Å². The second kappa shape index (κ2) is 10.7. The molecule has 3 aromatic heterocycles. The first-order valence-corrected chi connectivity index (χ1v) is 12.6. The highest BCUT2D eigenvalue weighted by molar-refractivity contribution is 7.92. The zero-order chi connectivity index (χ0) is 28.3. The minimum Gasteiger partial charge on any atom is -0.481 e. The highest BCUT2D eigenvalue weighted by atomic mass is 32.2. The third-order valence-corrected chi connectivity index (χ3v) is 6.78. The van der Waals surface area contributed by atoms with Gasteiger partial charge in [0.15, 0.2) is 11.5 Å². The molecule has 1 aromatic carbocycles. The van der Waals surface area contributed by atoms with Crippen LogP contribution in [0.25, 0.3) is 0 Å². The fourth-order valence-corrected chi connectivity index (χ4v) is 4.54. The van der Waals surface area contributed by atoms with Crippen molar-refractivity contribution in [3.63, 3.8) is 0 Å². The lowest BCUT2D eigenvalue weighted by atomic mass is 10.3. The molecule has 204 valence electrons. The number of benzene rings is 1. The average Bonchev–Trinajstić information content (AvgIpc) is 3.47. The van der Waals surface area contributed by atoms with E-state index in [0.29, 0.717) is 11.4 Å². The minimum atomic E-state index is -4.03. The average molecular weight is 558 g/mol. The Morgan fingerprint density at radius 1 is 1.08 bits per heavy atom. The molecule has 16 nitrogen and oxygen atoms in total. The number of carbonyl (C=O) groups is 1. The second-order valence-corrected chi connectivity index (χ2v) is 9.71. The summed E-state index contributed by atoms with van der Waals surface area (Å²) in [5, 5.41) is 22.2. The number of aromatic nitrogens is 6. The molecule has 0 radical (unpaired) electrons. The van der Waals surface area contributed by atoms with Crippen molar-refractivity contribution in [3.05, 3.63) is 69.8 Å². The molecule has 0 saturated carbocycles. The van der Waals surface area contributed by atoms with Gasteiger partial charge in [0.1, 0.15) is 18.1 Å². The molecule has 0 unspecified atom stereocenters. The van der Waals surface area contributed by atoms with E-state index in [-0.39, 0.29) is 46.3 Å². The van der Waals surface area contributed by atoms with Crippen LogP contribution in [-0.4, -0.2) is 63.0 Å². The monoisotopic (exact) mass is 557 g/mol. The predicted molar refractivity (Wildman–Crippen MR) is 136 cm³/mol. The van der Waals surface area contributed by atoms with Gasteiger partial charge in [0.2, 0.25) is 5.88 Å². The number of sulfonamides is 1. The number of hydrogen-bond acceptors (Lipinski definition) is 11. The van der Waals surface area contributed by atoms with Crippen LogP contribution in [0.5, 0.6) is 11.9 Å². The molecule has 2 N–H and O–H groups in total. The molecule has 4 aromatic rings. The van der Waals surface area contributed by atoms with Crippen LogP contribution >= 0.6 is 0 Å². The van der Waals surface area contributed by atoms with Crippen molar-refractivity contribution in [1.29, 1.82) is 0 Å². The minimum absolute atomic E-state index is 0.0539. The van der Waals surface area contributed by atoms with Crippen LogP contribution in [0.1, 0.15) is 21.9 Å². The molecule has 0 aliphatic carbocycles. The Morgan fingerprint density at radius 3 is 2.41 bits per heavy atom. The number of carbonyl (C=O) groups excluding carboxylic acids is 1. The molecule has 39 heavy (non-hydrogen) atoms. The van der Waals surface area contributed by atoms with E-state index in [2.05, 4.69) is 30.2 Å². The third-order valence-electron chi connectivity index (χ3n) is 5.41. The summed E-state index contributed by atoms with van der Waals surface area (Å²) < 4.78 is 40.7. The van der Waals surface area contributed by atoms with Crippen molar-refractivity contribution in [1.82, 2.24) is 29.5 Å². The lowest BCUT2D eigenvalue weighted by Gasteiger charge is -2.10. The smallest absolute Gasteiger partial charge is 0.321 e. The van der Waals surface area contributed by atoms with Crippen molar-refractivity contribution in [2.45, 2.75) is 25.4 Å². The number of nitro groups is 1. The molecule has 0 fully saturated rings. The Balaban J connectivity index is 1.43. The standard InChI is InChI=1S/C22H23N9O7S/c1-13-20(31(33)34)14(2)30(26-13)12-29-10-9-17(27-29)21(32)23-15-5-7-16(8-6-15)39(35,36)28-18-11-19(37-3)25-22(24-18)38-4/h5-11H,12H2,1-4H3,(H,23,32)(H,24,25,28). The zero-order valence-electron chi connectivity index (χ0n) is 21.1. The summed E-state index contributed by atoms with van der Waals surface area (Å²) >= 11 is 0. The fourth-order valence-electron chi connectivity index (χ4n) is 3.55. The van der Waals surface area contributed by atoms with E-state index in [1.807, 2.05) is 0 Å². The van der Waals surface area contributed by atoms with E-state index >= 15 is 0 Å². The number of rotatable bonds is 10. The number of anilines is 2. The van der Waals surface area contributed by atoms with Gasteiger partial charge in [0, 0.05) is 18.0 Å². The van der Waals surface area contributed by atoms with Crippen molar-refractivity contribution in [2.75, 3.05) is 24.3 Å². The maximum Gasteiger partial charge on any atom is 0.321 e. The van der Waals surface area contributed by atoms with Gasteiger partial charge >= 0.3 is 11.7 Å². The summed E-state index contributed by atoms with van der Waals surface area (Å²) in [4.78, 5) is 31.2. The third kappa shape index (κ3) is 5.93. The summed E-state index contributed by atoms with van der Waals surface area (Å²) in [7, 11) is -1.33. The van der Waals surface area contributed by atoms with Gasteiger partial charge in [0.05, 0.1) is 24.0 Å². The number of methoxy groups -OCH3 is 2. The predicted octanol–water partition coefficient (Wildman–Crippen LogP) is 1.97. The van der Waals surface area contributed by atoms with Gasteiger partial charge in [0.25, 0.3) is 15.9 Å². The van der Waals surface area contributed by atoms with Crippen LogP contribution in [0.15, 0.2) is 47.5 Å². The number of amides is 1. The Labute approximate surface area is 221 Å². The summed E-state index contributed by atoms with van der Waals surface area (Å²) in [5.74, 6) is -0.486. The fraction of sp³-hybridized carbons (Fsp3) is 0.227. The Bertz CT molecular complexity index is 1620. The van der Waals surface area contributed by atoms with Crippen molar-refractivity contribution in [3.8, 4) is 11.9 Å². The number of ether oxygens (including phenoxy) is 2. The Hall–Kier alpha value is -5.06. The molecule has 4 rings (SSSR count).